The number of anilines is 1. The second-order valence-corrected chi connectivity index (χ2v) is 9.51. The van der Waals surface area contributed by atoms with Crippen molar-refractivity contribution in [1.29, 1.82) is 0 Å². The van der Waals surface area contributed by atoms with Gasteiger partial charge in [0.25, 0.3) is 0 Å². The normalized spacial score (nSPS) is 25.6. The van der Waals surface area contributed by atoms with Crippen LogP contribution in [-0.4, -0.2) is 45.4 Å². The summed E-state index contributed by atoms with van der Waals surface area (Å²) in [6.45, 7) is 1.79. The Balaban J connectivity index is 1.46. The minimum atomic E-state index is -2.07. The maximum Gasteiger partial charge on any atom is 0.324 e. The molecule has 1 aliphatic heterocycles. The van der Waals surface area contributed by atoms with Crippen LogP contribution < -0.4 is 10.6 Å². The molecule has 1 saturated heterocycles. The number of hydrogen-bond donors (Lipinski definition) is 2. The van der Waals surface area contributed by atoms with E-state index in [0.29, 0.717) is 30.2 Å². The Kier molecular flexibility index (Phi) is 6.16. The summed E-state index contributed by atoms with van der Waals surface area (Å²) in [4.78, 5) is 17.0. The fourth-order valence-corrected chi connectivity index (χ4v) is 5.40. The first-order chi connectivity index (χ1) is 14.4. The number of rotatable bonds is 5. The summed E-state index contributed by atoms with van der Waals surface area (Å²) in [6.07, 6.45) is 3.61. The highest BCUT2D eigenvalue weighted by Crippen LogP contribution is 2.41. The summed E-state index contributed by atoms with van der Waals surface area (Å²) in [5, 5.41) is 0.721. The van der Waals surface area contributed by atoms with Crippen molar-refractivity contribution in [3.05, 3.63) is 59.1 Å². The van der Waals surface area contributed by atoms with Gasteiger partial charge in [-0.2, -0.15) is 0 Å². The molecule has 6 nitrogen and oxygen atoms in total. The first-order valence-electron chi connectivity index (χ1n) is 10.2. The monoisotopic (exact) mass is 447 g/mol. The van der Waals surface area contributed by atoms with E-state index in [-0.39, 0.29) is 17.5 Å². The van der Waals surface area contributed by atoms with Crippen LogP contribution in [0, 0.1) is 0 Å². The predicted molar refractivity (Wildman–Crippen MR) is 119 cm³/mol. The molecule has 0 spiro atoms. The van der Waals surface area contributed by atoms with Gasteiger partial charge in [0.2, 0.25) is 0 Å². The highest BCUT2D eigenvalue weighted by atomic mass is 35.5. The Morgan fingerprint density at radius 2 is 1.87 bits per heavy atom. The first-order valence-corrected chi connectivity index (χ1v) is 11.7. The molecule has 1 aliphatic carbocycles. The molecule has 2 aromatic carbocycles. The average molecular weight is 448 g/mol. The molecule has 0 bridgehead atoms. The summed E-state index contributed by atoms with van der Waals surface area (Å²) in [5.41, 5.74) is 7.95. The Morgan fingerprint density at radius 1 is 1.13 bits per heavy atom. The molecule has 30 heavy (non-hydrogen) atoms. The summed E-state index contributed by atoms with van der Waals surface area (Å²) in [5.74, 6) is 0. The van der Waals surface area contributed by atoms with Crippen molar-refractivity contribution in [3.8, 4) is 0 Å². The number of amides is 2. The molecule has 2 fully saturated rings. The molecular formula is C22H26ClN3O3S. The first kappa shape index (κ1) is 21.3. The van der Waals surface area contributed by atoms with Crippen LogP contribution >= 0.6 is 11.6 Å². The summed E-state index contributed by atoms with van der Waals surface area (Å²) >= 11 is 4.14. The molecule has 0 radical (unpaired) electrons. The maximum absolute atomic E-state index is 13.1. The molecule has 4 rings (SSSR count). The van der Waals surface area contributed by atoms with Crippen LogP contribution in [-0.2, 0) is 16.5 Å². The minimum absolute atomic E-state index is 0.0381. The molecule has 2 aliphatic rings. The van der Waals surface area contributed by atoms with Gasteiger partial charge in [0, 0.05) is 41.8 Å². The predicted octanol–water partition coefficient (Wildman–Crippen LogP) is 4.00. The lowest BCUT2D eigenvalue weighted by Crippen LogP contribution is -2.46. The topological polar surface area (TPSA) is 86.9 Å². The zero-order chi connectivity index (χ0) is 21.3. The third kappa shape index (κ3) is 3.99. The second kappa shape index (κ2) is 8.67. The third-order valence-corrected chi connectivity index (χ3v) is 7.45. The van der Waals surface area contributed by atoms with Gasteiger partial charge in [-0.05, 0) is 61.6 Å². The largest absolute Gasteiger partial charge is 0.330 e. The van der Waals surface area contributed by atoms with Crippen LogP contribution in [0.1, 0.15) is 31.2 Å². The zero-order valence-electron chi connectivity index (χ0n) is 16.7. The smallest absolute Gasteiger partial charge is 0.324 e. The fraction of sp³-hybridized carbons (Fsp3) is 0.409. The van der Waals surface area contributed by atoms with Gasteiger partial charge >= 0.3 is 6.03 Å². The lowest BCUT2D eigenvalue weighted by molar-refractivity contribution is 0.156. The quantitative estimate of drug-likeness (QED) is 0.678. The summed E-state index contributed by atoms with van der Waals surface area (Å²) < 4.78 is 20.7. The van der Waals surface area contributed by atoms with Crippen LogP contribution in [0.5, 0.6) is 0 Å². The number of urea groups is 1. The number of nitrogens with zero attached hydrogens (tertiary/aromatic N) is 2. The Morgan fingerprint density at radius 3 is 2.53 bits per heavy atom. The maximum atomic E-state index is 13.1. The van der Waals surface area contributed by atoms with E-state index in [1.165, 1.54) is 5.56 Å². The lowest BCUT2D eigenvalue weighted by Gasteiger charge is -2.42. The van der Waals surface area contributed by atoms with Crippen LogP contribution in [0.15, 0.2) is 53.4 Å². The molecule has 1 heterocycles. The third-order valence-electron chi connectivity index (χ3n) is 6.55. The van der Waals surface area contributed by atoms with Gasteiger partial charge in [-0.1, -0.05) is 29.8 Å². The van der Waals surface area contributed by atoms with Crippen molar-refractivity contribution < 1.29 is 13.6 Å². The van der Waals surface area contributed by atoms with Crippen molar-refractivity contribution in [1.82, 2.24) is 4.90 Å². The van der Waals surface area contributed by atoms with Crippen molar-refractivity contribution in [2.24, 2.45) is 5.73 Å². The fourth-order valence-electron chi connectivity index (χ4n) is 4.79. The van der Waals surface area contributed by atoms with Crippen molar-refractivity contribution in [2.75, 3.05) is 24.5 Å². The molecule has 8 heteroatoms. The van der Waals surface area contributed by atoms with Crippen LogP contribution in [0.25, 0.3) is 0 Å². The van der Waals surface area contributed by atoms with Gasteiger partial charge in [0.15, 0.2) is 11.1 Å². The molecule has 2 amide bonds. The molecule has 160 valence electrons. The van der Waals surface area contributed by atoms with E-state index in [4.69, 9.17) is 17.3 Å². The number of nitrogens with two attached hydrogens (primary N) is 1. The van der Waals surface area contributed by atoms with Gasteiger partial charge in [0.1, 0.15) is 0 Å². The number of benzene rings is 2. The number of carbonyl (C=O) groups is 1. The van der Waals surface area contributed by atoms with Crippen LogP contribution in [0.4, 0.5) is 10.5 Å². The van der Waals surface area contributed by atoms with Crippen molar-refractivity contribution in [3.63, 3.8) is 0 Å². The van der Waals surface area contributed by atoms with Crippen molar-refractivity contribution in [2.45, 2.75) is 42.0 Å². The van der Waals surface area contributed by atoms with Crippen molar-refractivity contribution >= 4 is 34.4 Å². The molecule has 0 aromatic heterocycles. The van der Waals surface area contributed by atoms with E-state index in [1.807, 2.05) is 23.1 Å². The number of carbonyl (C=O) groups excluding carboxylic acids is 1. The average Bonchev–Trinajstić information content (AvgIpc) is 3.15. The molecule has 1 atom stereocenters. The van der Waals surface area contributed by atoms with Crippen LogP contribution in [0.2, 0.25) is 5.02 Å². The summed E-state index contributed by atoms with van der Waals surface area (Å²) in [6, 6.07) is 14.8. The highest BCUT2D eigenvalue weighted by molar-refractivity contribution is 7.79. The lowest BCUT2D eigenvalue weighted by atomic mass is 9.68. The van der Waals surface area contributed by atoms with E-state index in [0.717, 1.165) is 30.7 Å². The van der Waals surface area contributed by atoms with E-state index in [9.17, 15) is 13.6 Å². The molecule has 1 unspecified atom stereocenters. The number of halogens is 1. The SMILES string of the molecule is NCC1(c2cccc(Cl)c2)CCC(N2CCN(c3cccc(S(=O)O)c3)C2=O)CC1. The van der Waals surface area contributed by atoms with Gasteiger partial charge < -0.3 is 15.2 Å². The highest BCUT2D eigenvalue weighted by Gasteiger charge is 2.41. The van der Waals surface area contributed by atoms with E-state index in [1.54, 1.807) is 29.2 Å². The molecular weight excluding hydrogens is 422 g/mol. The Hall–Kier alpha value is -1.93. The molecule has 3 N–H and O–H groups in total. The number of hydrogen-bond acceptors (Lipinski definition) is 3. The van der Waals surface area contributed by atoms with E-state index >= 15 is 0 Å². The van der Waals surface area contributed by atoms with Crippen LogP contribution in [0.3, 0.4) is 0 Å². The minimum Gasteiger partial charge on any atom is -0.330 e. The molecule has 1 saturated carbocycles. The Bertz CT molecular complexity index is 962. The van der Waals surface area contributed by atoms with Gasteiger partial charge in [-0.25, -0.2) is 9.00 Å². The van der Waals surface area contributed by atoms with Gasteiger partial charge in [0.05, 0.1) is 4.90 Å². The second-order valence-electron chi connectivity index (χ2n) is 8.10. The van der Waals surface area contributed by atoms with Gasteiger partial charge in [-0.3, -0.25) is 4.90 Å². The zero-order valence-corrected chi connectivity index (χ0v) is 18.2. The van der Waals surface area contributed by atoms with Gasteiger partial charge in [-0.15, -0.1) is 0 Å². The standard InChI is InChI=1S/C22H26ClN3O3S/c23-17-4-1-3-16(13-17)22(15-24)9-7-18(8-10-22)25-11-12-26(21(25)27)19-5-2-6-20(14-19)30(28)29/h1-6,13-14,18H,7-12,15,24H2,(H,28,29). The van der Waals surface area contributed by atoms with E-state index in [2.05, 4.69) is 6.07 Å². The summed E-state index contributed by atoms with van der Waals surface area (Å²) in [7, 11) is 0. The Labute approximate surface area is 184 Å². The van der Waals surface area contributed by atoms with E-state index < -0.39 is 11.1 Å². The molecule has 2 aromatic rings.